The van der Waals surface area contributed by atoms with Gasteiger partial charge in [-0.1, -0.05) is 38.8 Å². The van der Waals surface area contributed by atoms with Gasteiger partial charge in [-0.05, 0) is 151 Å². The van der Waals surface area contributed by atoms with Crippen molar-refractivity contribution in [2.75, 3.05) is 47.3 Å². The average molecular weight is 1060 g/mol. The second kappa shape index (κ2) is 32.9. The Bertz CT molecular complexity index is 2260. The molecule has 0 radical (unpaired) electrons. The molecule has 5 rings (SSSR count). The number of unbranched alkanes of at least 4 members (excludes halogenated alkanes) is 7. The van der Waals surface area contributed by atoms with Crippen LogP contribution in [-0.4, -0.2) is 101 Å². The van der Waals surface area contributed by atoms with Crippen LogP contribution in [0.2, 0.25) is 0 Å². The van der Waals surface area contributed by atoms with Gasteiger partial charge in [0, 0.05) is 32.0 Å². The molecule has 0 spiro atoms. The van der Waals surface area contributed by atoms with Crippen molar-refractivity contribution in [3.05, 3.63) is 72.8 Å². The maximum Gasteiger partial charge on any atom is 0.341 e. The third-order valence-electron chi connectivity index (χ3n) is 14.2. The summed E-state index contributed by atoms with van der Waals surface area (Å²) in [6.07, 6.45) is 17.4. The highest BCUT2D eigenvalue weighted by Crippen LogP contribution is 2.36. The molecule has 0 aromatic heterocycles. The Balaban J connectivity index is 1.01. The molecule has 416 valence electrons. The summed E-state index contributed by atoms with van der Waals surface area (Å²) >= 11 is 0. The average Bonchev–Trinajstić information content (AvgIpc) is 3.44. The van der Waals surface area contributed by atoms with Gasteiger partial charge in [0.1, 0.15) is 34.1 Å². The zero-order valence-corrected chi connectivity index (χ0v) is 44.2. The van der Waals surface area contributed by atoms with E-state index < -0.39 is 59.6 Å². The van der Waals surface area contributed by atoms with E-state index in [4.69, 9.17) is 47.4 Å². The highest BCUT2D eigenvalue weighted by atomic mass is 16.6. The summed E-state index contributed by atoms with van der Waals surface area (Å²) in [4.78, 5) is 101. The van der Waals surface area contributed by atoms with Crippen LogP contribution < -0.4 is 18.9 Å². The third-order valence-corrected chi connectivity index (χ3v) is 14.2. The van der Waals surface area contributed by atoms with E-state index in [0.29, 0.717) is 77.5 Å². The SMILES string of the molecule is C=CC(=O)OCCCCCCCOCC1CCC(C(=O)Oc2ccc(OC(=O)C3CCC(C(=O)Oc4ccc(OC(=O)C5CCC(OCCCCCCOC(=O)C=C)CC5)cc4C(=O)OC)CC3)c(C(=O)OC)c2)CC1. The highest BCUT2D eigenvalue weighted by Gasteiger charge is 2.35. The van der Waals surface area contributed by atoms with Crippen LogP contribution in [0.15, 0.2) is 61.7 Å². The zero-order valence-electron chi connectivity index (χ0n) is 44.2. The summed E-state index contributed by atoms with van der Waals surface area (Å²) in [5.74, 6) is -5.87. The smallest absolute Gasteiger partial charge is 0.341 e. The maximum atomic E-state index is 13.5. The Hall–Kier alpha value is -6.40. The summed E-state index contributed by atoms with van der Waals surface area (Å²) in [7, 11) is 2.37. The second-order valence-corrected chi connectivity index (χ2v) is 19.6. The molecule has 18 nitrogen and oxygen atoms in total. The van der Waals surface area contributed by atoms with E-state index in [1.165, 1.54) is 50.6 Å². The van der Waals surface area contributed by atoms with Crippen molar-refractivity contribution < 1.29 is 85.7 Å². The Labute approximate surface area is 445 Å². The molecule has 76 heavy (non-hydrogen) atoms. The molecule has 0 aliphatic heterocycles. The Kier molecular flexibility index (Phi) is 26.2. The van der Waals surface area contributed by atoms with Crippen molar-refractivity contribution in [1.82, 2.24) is 0 Å². The fraction of sp³-hybridized carbons (Fsp3) is 0.586. The van der Waals surface area contributed by atoms with Gasteiger partial charge in [0.2, 0.25) is 0 Å². The normalized spacial score (nSPS) is 20.2. The maximum absolute atomic E-state index is 13.5. The van der Waals surface area contributed by atoms with Gasteiger partial charge in [0.05, 0.1) is 57.2 Å². The molecule has 3 aliphatic carbocycles. The topological polar surface area (TPSA) is 229 Å². The number of methoxy groups -OCH3 is 2. The lowest BCUT2D eigenvalue weighted by Crippen LogP contribution is -2.31. The van der Waals surface area contributed by atoms with Gasteiger partial charge in [-0.15, -0.1) is 0 Å². The first-order valence-corrected chi connectivity index (χ1v) is 26.9. The minimum Gasteiger partial charge on any atom is -0.465 e. The molecule has 0 atom stereocenters. The largest absolute Gasteiger partial charge is 0.465 e. The summed E-state index contributed by atoms with van der Waals surface area (Å²) < 4.78 is 54.7. The Morgan fingerprint density at radius 1 is 0.461 bits per heavy atom. The van der Waals surface area contributed by atoms with Gasteiger partial charge in [-0.25, -0.2) is 19.2 Å². The number of carbonyl (C=O) groups is 8. The van der Waals surface area contributed by atoms with Gasteiger partial charge in [-0.2, -0.15) is 0 Å². The zero-order chi connectivity index (χ0) is 54.7. The molecule has 0 bridgehead atoms. The van der Waals surface area contributed by atoms with E-state index in [0.717, 1.165) is 82.8 Å². The first-order valence-electron chi connectivity index (χ1n) is 26.9. The molecule has 2 aromatic rings. The molecule has 0 N–H and O–H groups in total. The van der Waals surface area contributed by atoms with Crippen LogP contribution in [0.4, 0.5) is 0 Å². The Morgan fingerprint density at radius 2 is 0.829 bits per heavy atom. The predicted molar refractivity (Wildman–Crippen MR) is 275 cm³/mol. The lowest BCUT2D eigenvalue weighted by molar-refractivity contribution is -0.145. The van der Waals surface area contributed by atoms with Crippen molar-refractivity contribution in [2.24, 2.45) is 29.6 Å². The van der Waals surface area contributed by atoms with Crippen LogP contribution in [-0.2, 0) is 57.2 Å². The molecule has 3 fully saturated rings. The van der Waals surface area contributed by atoms with Crippen molar-refractivity contribution >= 4 is 47.8 Å². The number of hydrogen-bond donors (Lipinski definition) is 0. The second-order valence-electron chi connectivity index (χ2n) is 19.6. The van der Waals surface area contributed by atoms with E-state index in [1.54, 1.807) is 0 Å². The fourth-order valence-corrected chi connectivity index (χ4v) is 9.60. The van der Waals surface area contributed by atoms with E-state index in [2.05, 4.69) is 13.2 Å². The highest BCUT2D eigenvalue weighted by molar-refractivity contribution is 5.95. The predicted octanol–water partition coefficient (Wildman–Crippen LogP) is 9.76. The molecule has 2 aromatic carbocycles. The van der Waals surface area contributed by atoms with E-state index >= 15 is 0 Å². The van der Waals surface area contributed by atoms with Gasteiger partial charge in [0.15, 0.2) is 0 Å². The van der Waals surface area contributed by atoms with E-state index in [1.807, 2.05) is 0 Å². The van der Waals surface area contributed by atoms with Gasteiger partial charge >= 0.3 is 47.8 Å². The molecule has 18 heteroatoms. The van der Waals surface area contributed by atoms with Gasteiger partial charge < -0.3 is 47.4 Å². The van der Waals surface area contributed by atoms with Crippen molar-refractivity contribution in [3.8, 4) is 23.0 Å². The third kappa shape index (κ3) is 20.3. The Morgan fingerprint density at radius 3 is 1.25 bits per heavy atom. The molecular weight excluding hydrogens is 985 g/mol. The summed E-state index contributed by atoms with van der Waals surface area (Å²) in [6, 6.07) is 8.31. The van der Waals surface area contributed by atoms with Gasteiger partial charge in [-0.3, -0.25) is 19.2 Å². The number of esters is 8. The van der Waals surface area contributed by atoms with Crippen LogP contribution in [0, 0.1) is 29.6 Å². The first-order chi connectivity index (χ1) is 36.8. The summed E-state index contributed by atoms with van der Waals surface area (Å²) in [5.41, 5.74) is -0.190. The first kappa shape index (κ1) is 60.5. The number of benzene rings is 2. The number of ether oxygens (including phenoxy) is 10. The van der Waals surface area contributed by atoms with Crippen molar-refractivity contribution in [3.63, 3.8) is 0 Å². The fourth-order valence-electron chi connectivity index (χ4n) is 9.60. The number of hydrogen-bond acceptors (Lipinski definition) is 18. The van der Waals surface area contributed by atoms with Crippen LogP contribution >= 0.6 is 0 Å². The minimum atomic E-state index is -0.794. The molecule has 0 saturated heterocycles. The quantitative estimate of drug-likeness (QED) is 0.0233. The monoisotopic (exact) mass is 1060 g/mol. The molecule has 0 heterocycles. The molecular formula is C58H76O18. The van der Waals surface area contributed by atoms with E-state index in [9.17, 15) is 38.4 Å². The number of rotatable bonds is 30. The lowest BCUT2D eigenvalue weighted by atomic mass is 9.82. The lowest BCUT2D eigenvalue weighted by Gasteiger charge is -2.27. The number of carbonyl (C=O) groups excluding carboxylic acids is 8. The van der Waals surface area contributed by atoms with Crippen LogP contribution in [0.3, 0.4) is 0 Å². The van der Waals surface area contributed by atoms with Crippen LogP contribution in [0.25, 0.3) is 0 Å². The molecule has 0 unspecified atom stereocenters. The van der Waals surface area contributed by atoms with E-state index in [-0.39, 0.29) is 77.7 Å². The minimum absolute atomic E-state index is 0.0515. The molecule has 3 saturated carbocycles. The standard InChI is InChI=1S/C58H76O18/c1-5-51(59)71-34-14-9-7-8-12-32-69-38-39-16-18-40(19-17-39)53(61)73-45-28-30-49(47(36-45)57(65)67-3)75-55(63)41-20-22-42(23-21-41)56(64)76-50-31-29-46(37-48(50)58(66)68-4)74-54(62)43-24-26-44(27-25-43)70-33-13-10-11-15-35-72-52(60)6-2/h5-6,28-31,36-37,39-44H,1-2,7-27,32-35,38H2,3-4H3. The molecule has 3 aliphatic rings. The van der Waals surface area contributed by atoms with Crippen LogP contribution in [0.1, 0.15) is 156 Å². The van der Waals surface area contributed by atoms with Gasteiger partial charge in [0.25, 0.3) is 0 Å². The van der Waals surface area contributed by atoms with Crippen molar-refractivity contribution in [2.45, 2.75) is 141 Å². The summed E-state index contributed by atoms with van der Waals surface area (Å²) in [6.45, 7) is 9.46. The van der Waals surface area contributed by atoms with Crippen LogP contribution in [0.5, 0.6) is 23.0 Å². The molecule has 0 amide bonds. The summed E-state index contributed by atoms with van der Waals surface area (Å²) in [5, 5.41) is 0. The van der Waals surface area contributed by atoms with Crippen molar-refractivity contribution in [1.29, 1.82) is 0 Å².